The molecule has 1 unspecified atom stereocenters. The van der Waals surface area contributed by atoms with Crippen LogP contribution in [0, 0.1) is 0 Å². The molecule has 0 aliphatic heterocycles. The molecule has 0 bridgehead atoms. The second kappa shape index (κ2) is 13.8. The third-order valence-corrected chi connectivity index (χ3v) is 8.73. The number of amides is 1. The SMILES string of the molecule is C=CCn1c(SCC(=O)Nc2sc3c(c2C(=O)OCC)CCCCC3)nnc1C(C)Oc1ccc(CC)cc1. The minimum Gasteiger partial charge on any atom is -0.483 e. The van der Waals surface area contributed by atoms with E-state index in [-0.39, 0.29) is 23.7 Å². The second-order valence-corrected chi connectivity index (χ2v) is 11.4. The van der Waals surface area contributed by atoms with Crippen LogP contribution >= 0.6 is 23.1 Å². The van der Waals surface area contributed by atoms with Gasteiger partial charge in [0, 0.05) is 11.4 Å². The van der Waals surface area contributed by atoms with E-state index in [0.717, 1.165) is 49.8 Å². The number of fused-ring (bicyclic) bond motifs is 1. The summed E-state index contributed by atoms with van der Waals surface area (Å²) in [6.45, 7) is 10.5. The number of allylic oxidation sites excluding steroid dienone is 1. The van der Waals surface area contributed by atoms with Crippen molar-refractivity contribution in [3.05, 3.63) is 64.3 Å². The molecule has 1 N–H and O–H groups in total. The lowest BCUT2D eigenvalue weighted by Crippen LogP contribution is -2.17. The maximum absolute atomic E-state index is 13.0. The number of carbonyl (C=O) groups excluding carboxylic acids is 2. The molecule has 1 amide bonds. The predicted octanol–water partition coefficient (Wildman–Crippen LogP) is 6.40. The molecule has 1 aliphatic carbocycles. The molecule has 0 fully saturated rings. The summed E-state index contributed by atoms with van der Waals surface area (Å²) in [7, 11) is 0. The highest BCUT2D eigenvalue weighted by Gasteiger charge is 2.27. The van der Waals surface area contributed by atoms with Gasteiger partial charge in [-0.15, -0.1) is 28.1 Å². The minimum atomic E-state index is -0.367. The van der Waals surface area contributed by atoms with Crippen molar-refractivity contribution in [1.29, 1.82) is 0 Å². The van der Waals surface area contributed by atoms with E-state index in [1.807, 2.05) is 23.6 Å². The molecule has 1 aromatic carbocycles. The lowest BCUT2D eigenvalue weighted by molar-refractivity contribution is -0.113. The van der Waals surface area contributed by atoms with Crippen molar-refractivity contribution >= 4 is 40.0 Å². The fourth-order valence-electron chi connectivity index (χ4n) is 4.61. The third kappa shape index (κ3) is 7.10. The van der Waals surface area contributed by atoms with Gasteiger partial charge in [-0.25, -0.2) is 4.79 Å². The zero-order chi connectivity index (χ0) is 27.8. The van der Waals surface area contributed by atoms with Gasteiger partial charge in [0.2, 0.25) is 5.91 Å². The molecule has 0 saturated heterocycles. The highest BCUT2D eigenvalue weighted by molar-refractivity contribution is 7.99. The van der Waals surface area contributed by atoms with Crippen LogP contribution in [0.5, 0.6) is 5.75 Å². The van der Waals surface area contributed by atoms with E-state index in [4.69, 9.17) is 9.47 Å². The minimum absolute atomic E-state index is 0.119. The largest absolute Gasteiger partial charge is 0.483 e. The van der Waals surface area contributed by atoms with Gasteiger partial charge in [-0.1, -0.05) is 43.3 Å². The van der Waals surface area contributed by atoms with E-state index in [0.29, 0.717) is 34.7 Å². The molecule has 208 valence electrons. The molecule has 8 nitrogen and oxygen atoms in total. The Labute approximate surface area is 238 Å². The maximum Gasteiger partial charge on any atom is 0.341 e. The Bertz CT molecular complexity index is 1300. The van der Waals surface area contributed by atoms with E-state index in [2.05, 4.69) is 41.1 Å². The summed E-state index contributed by atoms with van der Waals surface area (Å²) in [6, 6.07) is 8.02. The number of hydrogen-bond acceptors (Lipinski definition) is 8. The Balaban J connectivity index is 1.45. The third-order valence-electron chi connectivity index (χ3n) is 6.55. The molecular formula is C29H36N4O4S2. The van der Waals surface area contributed by atoms with E-state index in [9.17, 15) is 9.59 Å². The molecule has 1 atom stereocenters. The first-order valence-corrected chi connectivity index (χ1v) is 15.3. The Hall–Kier alpha value is -3.11. The Morgan fingerprint density at radius 3 is 2.67 bits per heavy atom. The summed E-state index contributed by atoms with van der Waals surface area (Å²) in [5.74, 6) is 0.955. The van der Waals surface area contributed by atoms with Gasteiger partial charge in [-0.05, 0) is 69.2 Å². The van der Waals surface area contributed by atoms with Gasteiger partial charge in [-0.2, -0.15) is 0 Å². The molecule has 2 aromatic heterocycles. The Kier molecular flexibility index (Phi) is 10.2. The zero-order valence-electron chi connectivity index (χ0n) is 22.8. The molecule has 3 aromatic rings. The summed E-state index contributed by atoms with van der Waals surface area (Å²) in [5, 5.41) is 12.9. The number of thioether (sulfide) groups is 1. The van der Waals surface area contributed by atoms with E-state index in [1.54, 1.807) is 13.0 Å². The number of esters is 1. The first kappa shape index (κ1) is 28.9. The number of hydrogen-bond donors (Lipinski definition) is 1. The first-order chi connectivity index (χ1) is 18.9. The summed E-state index contributed by atoms with van der Waals surface area (Å²) < 4.78 is 13.4. The van der Waals surface area contributed by atoms with Crippen LogP contribution in [-0.4, -0.2) is 39.0 Å². The molecule has 2 heterocycles. The zero-order valence-corrected chi connectivity index (χ0v) is 24.5. The van der Waals surface area contributed by atoms with Gasteiger partial charge in [0.15, 0.2) is 17.1 Å². The first-order valence-electron chi connectivity index (χ1n) is 13.5. The number of aryl methyl sites for hydroxylation is 2. The van der Waals surface area contributed by atoms with Crippen LogP contribution in [0.25, 0.3) is 0 Å². The molecule has 1 aliphatic rings. The van der Waals surface area contributed by atoms with Crippen molar-refractivity contribution in [2.75, 3.05) is 17.7 Å². The van der Waals surface area contributed by atoms with Gasteiger partial charge in [0.1, 0.15) is 10.8 Å². The number of nitrogens with zero attached hydrogens (tertiary/aromatic N) is 3. The second-order valence-electron chi connectivity index (χ2n) is 9.32. The van der Waals surface area contributed by atoms with Gasteiger partial charge < -0.3 is 14.8 Å². The molecule has 0 spiro atoms. The van der Waals surface area contributed by atoms with Crippen LogP contribution in [0.4, 0.5) is 5.00 Å². The van der Waals surface area contributed by atoms with Gasteiger partial charge >= 0.3 is 5.97 Å². The van der Waals surface area contributed by atoms with Crippen LogP contribution in [0.15, 0.2) is 42.1 Å². The van der Waals surface area contributed by atoms with Crippen molar-refractivity contribution in [2.24, 2.45) is 0 Å². The molecule has 39 heavy (non-hydrogen) atoms. The summed E-state index contributed by atoms with van der Waals surface area (Å²) in [6.07, 6.45) is 7.42. The lowest BCUT2D eigenvalue weighted by atomic mass is 10.1. The van der Waals surface area contributed by atoms with Gasteiger partial charge in [0.05, 0.1) is 17.9 Å². The standard InChI is InChI=1S/C29H36N4O4S2/c1-5-17-33-26(19(4)37-21-15-13-20(6-2)14-16-21)31-32-29(33)38-18-24(34)30-27-25(28(35)36-7-3)22-11-9-8-10-12-23(22)39-27/h5,13-16,19H,1,6-12,17-18H2,2-4H3,(H,30,34). The van der Waals surface area contributed by atoms with Crippen LogP contribution in [0.3, 0.4) is 0 Å². The molecular weight excluding hydrogens is 532 g/mol. The van der Waals surface area contributed by atoms with Crippen molar-refractivity contribution in [1.82, 2.24) is 14.8 Å². The number of carbonyl (C=O) groups is 2. The van der Waals surface area contributed by atoms with Crippen molar-refractivity contribution in [3.63, 3.8) is 0 Å². The molecule has 4 rings (SSSR count). The van der Waals surface area contributed by atoms with E-state index < -0.39 is 0 Å². The fraction of sp³-hybridized carbons (Fsp3) is 0.448. The predicted molar refractivity (Wildman–Crippen MR) is 156 cm³/mol. The number of benzene rings is 1. The van der Waals surface area contributed by atoms with Crippen molar-refractivity contribution in [2.45, 2.75) is 77.1 Å². The van der Waals surface area contributed by atoms with Crippen LogP contribution in [0.2, 0.25) is 0 Å². The number of anilines is 1. The number of ether oxygens (including phenoxy) is 2. The fourth-order valence-corrected chi connectivity index (χ4v) is 6.66. The normalized spacial score (nSPS) is 13.7. The quantitative estimate of drug-likeness (QED) is 0.117. The summed E-state index contributed by atoms with van der Waals surface area (Å²) in [5.41, 5.74) is 2.80. The smallest absolute Gasteiger partial charge is 0.341 e. The van der Waals surface area contributed by atoms with Crippen molar-refractivity contribution < 1.29 is 19.1 Å². The highest BCUT2D eigenvalue weighted by Crippen LogP contribution is 2.38. The number of rotatable bonds is 12. The number of thiophene rings is 1. The van der Waals surface area contributed by atoms with E-state index >= 15 is 0 Å². The molecule has 0 radical (unpaired) electrons. The van der Waals surface area contributed by atoms with Crippen molar-refractivity contribution in [3.8, 4) is 5.75 Å². The summed E-state index contributed by atoms with van der Waals surface area (Å²) in [4.78, 5) is 27.0. The van der Waals surface area contributed by atoms with E-state index in [1.165, 1.54) is 33.5 Å². The monoisotopic (exact) mass is 568 g/mol. The average molecular weight is 569 g/mol. The molecule has 10 heteroatoms. The Morgan fingerprint density at radius 2 is 1.95 bits per heavy atom. The Morgan fingerprint density at radius 1 is 1.18 bits per heavy atom. The van der Waals surface area contributed by atoms with Crippen LogP contribution < -0.4 is 10.1 Å². The number of nitrogens with one attached hydrogen (secondary N) is 1. The van der Waals surface area contributed by atoms with Gasteiger partial charge in [-0.3, -0.25) is 9.36 Å². The topological polar surface area (TPSA) is 95.3 Å². The molecule has 0 saturated carbocycles. The average Bonchev–Trinajstić information content (AvgIpc) is 3.40. The lowest BCUT2D eigenvalue weighted by Gasteiger charge is -2.16. The number of aromatic nitrogens is 3. The maximum atomic E-state index is 13.0. The highest BCUT2D eigenvalue weighted by atomic mass is 32.2. The van der Waals surface area contributed by atoms with Crippen LogP contribution in [0.1, 0.15) is 78.3 Å². The van der Waals surface area contributed by atoms with Crippen LogP contribution in [-0.2, 0) is 35.3 Å². The summed E-state index contributed by atoms with van der Waals surface area (Å²) >= 11 is 2.79. The van der Waals surface area contributed by atoms with Gasteiger partial charge in [0.25, 0.3) is 0 Å².